The molecule has 0 bridgehead atoms. The van der Waals surface area contributed by atoms with Gasteiger partial charge in [0.05, 0.1) is 24.0 Å². The predicted molar refractivity (Wildman–Crippen MR) is 103 cm³/mol. The number of sulfonamides is 1. The van der Waals surface area contributed by atoms with E-state index in [-0.39, 0.29) is 23.8 Å². The van der Waals surface area contributed by atoms with Gasteiger partial charge in [0.15, 0.2) is 0 Å². The van der Waals surface area contributed by atoms with Crippen LogP contribution < -0.4 is 9.46 Å². The van der Waals surface area contributed by atoms with E-state index in [0.29, 0.717) is 17.9 Å². The average Bonchev–Trinajstić information content (AvgIpc) is 3.05. The molecule has 3 N–H and O–H groups in total. The molecular weight excluding hydrogens is 398 g/mol. The molecule has 2 aromatic carbocycles. The number of carboxylic acids is 1. The van der Waals surface area contributed by atoms with Gasteiger partial charge < -0.3 is 19.7 Å². The Hall–Kier alpha value is -2.62. The van der Waals surface area contributed by atoms with E-state index < -0.39 is 34.3 Å². The maximum atomic E-state index is 12.6. The zero-order valence-electron chi connectivity index (χ0n) is 15.4. The Morgan fingerprint density at radius 2 is 1.93 bits per heavy atom. The van der Waals surface area contributed by atoms with Crippen LogP contribution in [0, 0.1) is 0 Å². The zero-order valence-corrected chi connectivity index (χ0v) is 16.2. The van der Waals surface area contributed by atoms with Crippen LogP contribution in [0.15, 0.2) is 53.4 Å². The molecule has 2 heterocycles. The highest BCUT2D eigenvalue weighted by atomic mass is 32.2. The monoisotopic (exact) mass is 419 g/mol. The van der Waals surface area contributed by atoms with Crippen molar-refractivity contribution in [1.29, 1.82) is 0 Å². The molecule has 1 saturated heterocycles. The summed E-state index contributed by atoms with van der Waals surface area (Å²) < 4.78 is 39.4. The van der Waals surface area contributed by atoms with Gasteiger partial charge in [-0.25, -0.2) is 8.42 Å². The van der Waals surface area contributed by atoms with Gasteiger partial charge >= 0.3 is 5.97 Å². The lowest BCUT2D eigenvalue weighted by molar-refractivity contribution is -0.153. The van der Waals surface area contributed by atoms with Crippen molar-refractivity contribution in [2.24, 2.45) is 0 Å². The summed E-state index contributed by atoms with van der Waals surface area (Å²) in [5.74, 6) is -0.587. The number of hydrogen-bond acceptors (Lipinski definition) is 6. The fourth-order valence-corrected chi connectivity index (χ4v) is 5.03. The largest absolute Gasteiger partial charge is 0.487 e. The minimum absolute atomic E-state index is 0.155. The summed E-state index contributed by atoms with van der Waals surface area (Å²) in [6, 6.07) is 13.0. The number of fused-ring (bicyclic) bond motifs is 3. The summed E-state index contributed by atoms with van der Waals surface area (Å²) in [5, 5.41) is 18.7. The first-order chi connectivity index (χ1) is 13.9. The molecule has 2 aliphatic heterocycles. The maximum absolute atomic E-state index is 12.6. The average molecular weight is 419 g/mol. The van der Waals surface area contributed by atoms with Gasteiger partial charge in [-0.15, -0.1) is 0 Å². The van der Waals surface area contributed by atoms with E-state index in [1.165, 1.54) is 12.1 Å². The number of benzene rings is 2. The first-order valence-electron chi connectivity index (χ1n) is 9.24. The van der Waals surface area contributed by atoms with Crippen molar-refractivity contribution in [3.05, 3.63) is 54.1 Å². The summed E-state index contributed by atoms with van der Waals surface area (Å²) >= 11 is 0. The quantitative estimate of drug-likeness (QED) is 0.654. The normalized spacial score (nSPS) is 25.6. The summed E-state index contributed by atoms with van der Waals surface area (Å²) in [6.07, 6.45) is -1.40. The lowest BCUT2D eigenvalue weighted by Crippen LogP contribution is -2.46. The van der Waals surface area contributed by atoms with Crippen molar-refractivity contribution in [3.8, 4) is 5.75 Å². The number of anilines is 1. The second kappa shape index (κ2) is 7.66. The second-order valence-electron chi connectivity index (χ2n) is 7.17. The third-order valence-electron chi connectivity index (χ3n) is 5.21. The van der Waals surface area contributed by atoms with Crippen LogP contribution in [0.1, 0.15) is 24.3 Å². The molecule has 29 heavy (non-hydrogen) atoms. The van der Waals surface area contributed by atoms with Crippen LogP contribution in [-0.4, -0.2) is 49.5 Å². The van der Waals surface area contributed by atoms with Crippen LogP contribution in [0.2, 0.25) is 0 Å². The van der Waals surface area contributed by atoms with Crippen molar-refractivity contribution >= 4 is 21.7 Å². The number of ether oxygens (including phenoxy) is 2. The van der Waals surface area contributed by atoms with E-state index in [0.717, 1.165) is 5.56 Å². The standard InChI is InChI=1S/C20H21NO7S/c22-11-18-20-16(9-13(27-18)10-19(23)24)15-8-12(6-7-17(15)28-20)21-29(25,26)14-4-2-1-3-5-14/h1-8,13,16,18,20-22H,9-11H2,(H,23,24)/t13-,16+,18-,20-/m0/s1. The number of carboxylic acid groups (broad SMARTS) is 1. The fourth-order valence-electron chi connectivity index (χ4n) is 3.96. The van der Waals surface area contributed by atoms with Crippen molar-refractivity contribution in [3.63, 3.8) is 0 Å². The highest BCUT2D eigenvalue weighted by Gasteiger charge is 2.46. The van der Waals surface area contributed by atoms with Gasteiger partial charge in [-0.3, -0.25) is 9.52 Å². The summed E-state index contributed by atoms with van der Waals surface area (Å²) in [6.45, 7) is -0.293. The molecule has 2 aromatic rings. The number of aliphatic carboxylic acids is 1. The minimum atomic E-state index is -3.74. The van der Waals surface area contributed by atoms with E-state index in [4.69, 9.17) is 14.6 Å². The molecule has 0 amide bonds. The maximum Gasteiger partial charge on any atom is 0.305 e. The molecule has 0 aliphatic carbocycles. The lowest BCUT2D eigenvalue weighted by atomic mass is 9.84. The number of hydrogen-bond donors (Lipinski definition) is 3. The highest BCUT2D eigenvalue weighted by Crippen LogP contribution is 2.47. The molecule has 154 valence electrons. The Labute approximate surface area is 168 Å². The first kappa shape index (κ1) is 19.7. The molecule has 4 atom stereocenters. The van der Waals surface area contributed by atoms with Crippen LogP contribution in [0.4, 0.5) is 5.69 Å². The molecule has 8 nitrogen and oxygen atoms in total. The van der Waals surface area contributed by atoms with Crippen molar-refractivity contribution in [2.45, 2.75) is 42.0 Å². The van der Waals surface area contributed by atoms with E-state index in [1.807, 2.05) is 0 Å². The van der Waals surface area contributed by atoms with Gasteiger partial charge in [0, 0.05) is 17.2 Å². The van der Waals surface area contributed by atoms with E-state index in [1.54, 1.807) is 36.4 Å². The molecule has 0 aromatic heterocycles. The van der Waals surface area contributed by atoms with Gasteiger partial charge in [0.2, 0.25) is 0 Å². The van der Waals surface area contributed by atoms with Crippen LogP contribution in [0.3, 0.4) is 0 Å². The van der Waals surface area contributed by atoms with Crippen LogP contribution >= 0.6 is 0 Å². The van der Waals surface area contributed by atoms with Gasteiger partial charge in [0.1, 0.15) is 18.0 Å². The Kier molecular flexibility index (Phi) is 5.20. The second-order valence-corrected chi connectivity index (χ2v) is 8.86. The number of carbonyl (C=O) groups is 1. The van der Waals surface area contributed by atoms with E-state index in [2.05, 4.69) is 4.72 Å². The topological polar surface area (TPSA) is 122 Å². The first-order valence-corrected chi connectivity index (χ1v) is 10.7. The Bertz CT molecular complexity index is 1010. The van der Waals surface area contributed by atoms with E-state index in [9.17, 15) is 18.3 Å². The number of aliphatic hydroxyl groups is 1. The molecule has 4 rings (SSSR count). The summed E-state index contributed by atoms with van der Waals surface area (Å²) in [5.41, 5.74) is 1.17. The fraction of sp³-hybridized carbons (Fsp3) is 0.350. The number of nitrogens with one attached hydrogen (secondary N) is 1. The van der Waals surface area contributed by atoms with Gasteiger partial charge in [-0.1, -0.05) is 18.2 Å². The third kappa shape index (κ3) is 3.93. The molecule has 2 aliphatic rings. The van der Waals surface area contributed by atoms with Crippen molar-refractivity contribution < 1.29 is 32.9 Å². The Morgan fingerprint density at radius 1 is 1.17 bits per heavy atom. The van der Waals surface area contributed by atoms with Gasteiger partial charge in [-0.2, -0.15) is 0 Å². The van der Waals surface area contributed by atoms with Crippen molar-refractivity contribution in [2.75, 3.05) is 11.3 Å². The van der Waals surface area contributed by atoms with Gasteiger partial charge in [-0.05, 0) is 36.8 Å². The minimum Gasteiger partial charge on any atom is -0.487 e. The summed E-state index contributed by atoms with van der Waals surface area (Å²) in [4.78, 5) is 11.3. The molecule has 0 radical (unpaired) electrons. The molecule has 0 spiro atoms. The molecule has 1 fully saturated rings. The third-order valence-corrected chi connectivity index (χ3v) is 6.60. The van der Waals surface area contributed by atoms with Gasteiger partial charge in [0.25, 0.3) is 10.0 Å². The Balaban J connectivity index is 1.60. The number of rotatable bonds is 6. The van der Waals surface area contributed by atoms with Crippen LogP contribution in [0.5, 0.6) is 5.75 Å². The predicted octanol–water partition coefficient (Wildman–Crippen LogP) is 1.96. The number of aliphatic hydroxyl groups excluding tert-OH is 1. The highest BCUT2D eigenvalue weighted by molar-refractivity contribution is 7.92. The smallest absolute Gasteiger partial charge is 0.305 e. The molecule has 0 saturated carbocycles. The van der Waals surface area contributed by atoms with Crippen LogP contribution in [-0.2, 0) is 19.6 Å². The molecule has 9 heteroatoms. The summed E-state index contributed by atoms with van der Waals surface area (Å²) in [7, 11) is -3.74. The van der Waals surface area contributed by atoms with Crippen molar-refractivity contribution in [1.82, 2.24) is 0 Å². The SMILES string of the molecule is O=C(O)C[C@@H]1C[C@@H]2c3cc(NS(=O)(=O)c4ccccc4)ccc3O[C@@H]2[C@H](CO)O1. The molecular formula is C20H21NO7S. The molecule has 0 unspecified atom stereocenters. The zero-order chi connectivity index (χ0) is 20.6. The Morgan fingerprint density at radius 3 is 2.62 bits per heavy atom. The lowest BCUT2D eigenvalue weighted by Gasteiger charge is -2.36. The van der Waals surface area contributed by atoms with Crippen LogP contribution in [0.25, 0.3) is 0 Å². The van der Waals surface area contributed by atoms with E-state index >= 15 is 0 Å².